The van der Waals surface area contributed by atoms with E-state index >= 15 is 0 Å². The molecular formula is C17H17N3O2S. The van der Waals surface area contributed by atoms with E-state index in [0.717, 1.165) is 16.3 Å². The molecule has 2 heterocycles. The number of aromatic nitrogens is 3. The second-order valence-electron chi connectivity index (χ2n) is 5.16. The van der Waals surface area contributed by atoms with Gasteiger partial charge >= 0.3 is 5.97 Å². The Balaban J connectivity index is 1.73. The zero-order valence-corrected chi connectivity index (χ0v) is 13.8. The molecule has 3 aromatic rings. The SMILES string of the molecule is CCOC(=O)c1cnn(Cc2csc(-c3cccc(C)c3)n2)c1. The van der Waals surface area contributed by atoms with Gasteiger partial charge in [-0.1, -0.05) is 23.8 Å². The number of rotatable bonds is 5. The van der Waals surface area contributed by atoms with Crippen LogP contribution in [0.3, 0.4) is 0 Å². The third-order valence-corrected chi connectivity index (χ3v) is 4.23. The van der Waals surface area contributed by atoms with Gasteiger partial charge in [0.2, 0.25) is 0 Å². The van der Waals surface area contributed by atoms with E-state index in [4.69, 9.17) is 4.74 Å². The average Bonchev–Trinajstić information content (AvgIpc) is 3.17. The largest absolute Gasteiger partial charge is 0.462 e. The number of hydrogen-bond acceptors (Lipinski definition) is 5. The molecule has 0 radical (unpaired) electrons. The topological polar surface area (TPSA) is 57.0 Å². The van der Waals surface area contributed by atoms with Gasteiger partial charge in [0, 0.05) is 17.1 Å². The Labute approximate surface area is 138 Å². The summed E-state index contributed by atoms with van der Waals surface area (Å²) in [5.74, 6) is -0.350. The van der Waals surface area contributed by atoms with E-state index in [9.17, 15) is 4.79 Å². The van der Waals surface area contributed by atoms with Crippen LogP contribution in [0.2, 0.25) is 0 Å². The van der Waals surface area contributed by atoms with Gasteiger partial charge in [0.25, 0.3) is 0 Å². The summed E-state index contributed by atoms with van der Waals surface area (Å²) in [7, 11) is 0. The first-order chi connectivity index (χ1) is 11.2. The number of ether oxygens (including phenoxy) is 1. The lowest BCUT2D eigenvalue weighted by atomic mass is 10.1. The molecule has 0 spiro atoms. The Hall–Kier alpha value is -2.47. The molecule has 0 saturated carbocycles. The fourth-order valence-electron chi connectivity index (χ4n) is 2.23. The minimum absolute atomic E-state index is 0.350. The smallest absolute Gasteiger partial charge is 0.341 e. The fourth-order valence-corrected chi connectivity index (χ4v) is 3.03. The number of nitrogens with zero attached hydrogens (tertiary/aromatic N) is 3. The molecule has 6 heteroatoms. The van der Waals surface area contributed by atoms with Gasteiger partial charge in [-0.25, -0.2) is 9.78 Å². The van der Waals surface area contributed by atoms with E-state index in [1.165, 1.54) is 11.8 Å². The second-order valence-corrected chi connectivity index (χ2v) is 6.02. The highest BCUT2D eigenvalue weighted by Gasteiger charge is 2.11. The Morgan fingerprint density at radius 2 is 2.26 bits per heavy atom. The molecule has 1 aromatic carbocycles. The van der Waals surface area contributed by atoms with Crippen molar-refractivity contribution < 1.29 is 9.53 Å². The zero-order valence-electron chi connectivity index (χ0n) is 13.0. The van der Waals surface area contributed by atoms with Crippen LogP contribution in [0.5, 0.6) is 0 Å². The normalized spacial score (nSPS) is 10.7. The first kappa shape index (κ1) is 15.4. The standard InChI is InChI=1S/C17H17N3O2S/c1-3-22-17(21)14-8-18-20(9-14)10-15-11-23-16(19-15)13-6-4-5-12(2)7-13/h4-9,11H,3,10H2,1-2H3. The summed E-state index contributed by atoms with van der Waals surface area (Å²) in [6.45, 7) is 4.74. The summed E-state index contributed by atoms with van der Waals surface area (Å²) in [5, 5.41) is 7.20. The van der Waals surface area contributed by atoms with Crippen molar-refractivity contribution >= 4 is 17.3 Å². The van der Waals surface area contributed by atoms with Crippen LogP contribution in [0, 0.1) is 6.92 Å². The lowest BCUT2D eigenvalue weighted by Crippen LogP contribution is -2.04. The highest BCUT2D eigenvalue weighted by Crippen LogP contribution is 2.24. The van der Waals surface area contributed by atoms with Crippen molar-refractivity contribution in [3.63, 3.8) is 0 Å². The molecule has 118 valence electrons. The first-order valence-electron chi connectivity index (χ1n) is 7.36. The van der Waals surface area contributed by atoms with Gasteiger partial charge in [0.1, 0.15) is 5.01 Å². The van der Waals surface area contributed by atoms with Gasteiger partial charge in [0.05, 0.1) is 30.6 Å². The minimum Gasteiger partial charge on any atom is -0.462 e. The van der Waals surface area contributed by atoms with Crippen molar-refractivity contribution in [1.82, 2.24) is 14.8 Å². The maximum Gasteiger partial charge on any atom is 0.341 e. The van der Waals surface area contributed by atoms with Gasteiger partial charge in [-0.3, -0.25) is 4.68 Å². The van der Waals surface area contributed by atoms with Gasteiger partial charge in [-0.15, -0.1) is 11.3 Å². The quantitative estimate of drug-likeness (QED) is 0.673. The zero-order chi connectivity index (χ0) is 16.2. The number of esters is 1. The molecule has 0 unspecified atom stereocenters. The summed E-state index contributed by atoms with van der Waals surface area (Å²) < 4.78 is 6.65. The predicted octanol–water partition coefficient (Wildman–Crippen LogP) is 3.54. The van der Waals surface area contributed by atoms with Crippen LogP contribution in [0.15, 0.2) is 42.0 Å². The lowest BCUT2D eigenvalue weighted by molar-refractivity contribution is 0.0526. The molecule has 0 N–H and O–H groups in total. The van der Waals surface area contributed by atoms with Crippen molar-refractivity contribution in [2.45, 2.75) is 20.4 Å². The lowest BCUT2D eigenvalue weighted by Gasteiger charge is -1.99. The molecule has 3 rings (SSSR count). The highest BCUT2D eigenvalue weighted by molar-refractivity contribution is 7.13. The van der Waals surface area contributed by atoms with Gasteiger partial charge < -0.3 is 4.74 Å². The van der Waals surface area contributed by atoms with E-state index in [1.54, 1.807) is 29.1 Å². The highest BCUT2D eigenvalue weighted by atomic mass is 32.1. The summed E-state index contributed by atoms with van der Waals surface area (Å²) in [6.07, 6.45) is 3.20. The number of hydrogen-bond donors (Lipinski definition) is 0. The molecule has 0 aliphatic rings. The predicted molar refractivity (Wildman–Crippen MR) is 89.6 cm³/mol. The molecule has 0 aliphatic heterocycles. The van der Waals surface area contributed by atoms with Crippen LogP contribution >= 0.6 is 11.3 Å². The maximum absolute atomic E-state index is 11.6. The molecule has 0 amide bonds. The van der Waals surface area contributed by atoms with E-state index in [-0.39, 0.29) is 5.97 Å². The summed E-state index contributed by atoms with van der Waals surface area (Å²) in [4.78, 5) is 16.3. The molecule has 2 aromatic heterocycles. The van der Waals surface area contributed by atoms with E-state index in [2.05, 4.69) is 35.2 Å². The monoisotopic (exact) mass is 327 g/mol. The number of thiazole rings is 1. The molecule has 0 saturated heterocycles. The Kier molecular flexibility index (Phi) is 4.52. The second kappa shape index (κ2) is 6.75. The van der Waals surface area contributed by atoms with Crippen molar-refractivity contribution in [2.75, 3.05) is 6.61 Å². The number of aryl methyl sites for hydroxylation is 1. The van der Waals surface area contributed by atoms with Gasteiger partial charge in [-0.05, 0) is 19.9 Å². The Morgan fingerprint density at radius 1 is 1.39 bits per heavy atom. The minimum atomic E-state index is -0.350. The van der Waals surface area contributed by atoms with E-state index in [1.807, 2.05) is 11.4 Å². The number of carbonyl (C=O) groups is 1. The van der Waals surface area contributed by atoms with E-state index in [0.29, 0.717) is 18.7 Å². The molecule has 0 bridgehead atoms. The number of carbonyl (C=O) groups excluding carboxylic acids is 1. The third kappa shape index (κ3) is 3.65. The average molecular weight is 327 g/mol. The van der Waals surface area contributed by atoms with Crippen LogP contribution < -0.4 is 0 Å². The van der Waals surface area contributed by atoms with Crippen molar-refractivity contribution in [1.29, 1.82) is 0 Å². The van der Waals surface area contributed by atoms with Crippen molar-refractivity contribution in [3.8, 4) is 10.6 Å². The summed E-state index contributed by atoms with van der Waals surface area (Å²) >= 11 is 1.61. The van der Waals surface area contributed by atoms with Crippen LogP contribution in [-0.2, 0) is 11.3 Å². The fraction of sp³-hybridized carbons (Fsp3) is 0.235. The number of benzene rings is 1. The van der Waals surface area contributed by atoms with Crippen molar-refractivity contribution in [3.05, 3.63) is 58.9 Å². The molecule has 0 aliphatic carbocycles. The van der Waals surface area contributed by atoms with Crippen LogP contribution in [0.4, 0.5) is 0 Å². The Morgan fingerprint density at radius 3 is 3.04 bits per heavy atom. The summed E-state index contributed by atoms with van der Waals surface area (Å²) in [6, 6.07) is 8.28. The van der Waals surface area contributed by atoms with Crippen LogP contribution in [-0.4, -0.2) is 27.3 Å². The Bertz CT molecular complexity index is 823. The van der Waals surface area contributed by atoms with Gasteiger partial charge in [-0.2, -0.15) is 5.10 Å². The third-order valence-electron chi connectivity index (χ3n) is 3.29. The van der Waals surface area contributed by atoms with Gasteiger partial charge in [0.15, 0.2) is 0 Å². The maximum atomic E-state index is 11.6. The molecule has 0 atom stereocenters. The molecule has 5 nitrogen and oxygen atoms in total. The molecule has 0 fully saturated rings. The first-order valence-corrected chi connectivity index (χ1v) is 8.24. The summed E-state index contributed by atoms with van der Waals surface area (Å²) in [5.41, 5.74) is 3.71. The van der Waals surface area contributed by atoms with Crippen molar-refractivity contribution in [2.24, 2.45) is 0 Å². The van der Waals surface area contributed by atoms with E-state index < -0.39 is 0 Å². The van der Waals surface area contributed by atoms with Crippen LogP contribution in [0.25, 0.3) is 10.6 Å². The molecular weight excluding hydrogens is 310 g/mol. The molecule has 23 heavy (non-hydrogen) atoms. The van der Waals surface area contributed by atoms with Crippen LogP contribution in [0.1, 0.15) is 28.5 Å².